The molecule has 1 rings (SSSR count). The molecule has 1 aromatic rings. The van der Waals surface area contributed by atoms with Gasteiger partial charge in [-0.3, -0.25) is 4.79 Å². The molecule has 0 fully saturated rings. The molecule has 0 spiro atoms. The number of hydrogen-bond acceptors (Lipinski definition) is 4. The van der Waals surface area contributed by atoms with E-state index in [0.717, 1.165) is 22.1 Å². The lowest BCUT2D eigenvalue weighted by Gasteiger charge is -2.19. The Kier molecular flexibility index (Phi) is 5.10. The zero-order valence-corrected chi connectivity index (χ0v) is 11.3. The molecule has 96 valence electrons. The highest BCUT2D eigenvalue weighted by atomic mass is 32.2. The van der Waals surface area contributed by atoms with Gasteiger partial charge in [0.2, 0.25) is 5.91 Å². The lowest BCUT2D eigenvalue weighted by Crippen LogP contribution is -2.38. The lowest BCUT2D eigenvalue weighted by molar-refractivity contribution is -0.118. The summed E-state index contributed by atoms with van der Waals surface area (Å²) >= 11 is 1.14. The van der Waals surface area contributed by atoms with E-state index in [-0.39, 0.29) is 10.8 Å². The van der Waals surface area contributed by atoms with Crippen molar-refractivity contribution in [1.29, 1.82) is 0 Å². The fourth-order valence-electron chi connectivity index (χ4n) is 1.33. The molecule has 0 aliphatic rings. The van der Waals surface area contributed by atoms with Crippen molar-refractivity contribution < 1.29 is 13.2 Å². The number of hydrogen-bond donors (Lipinski definition) is 1. The Morgan fingerprint density at radius 2 is 2.24 bits per heavy atom. The SMILES string of the molecule is CCCCN(CC(N)=O)S(=O)(=O)c1cccs1. The van der Waals surface area contributed by atoms with Gasteiger partial charge in [0.1, 0.15) is 4.21 Å². The smallest absolute Gasteiger partial charge is 0.253 e. The van der Waals surface area contributed by atoms with Gasteiger partial charge < -0.3 is 5.73 Å². The first-order chi connectivity index (χ1) is 7.98. The maximum Gasteiger partial charge on any atom is 0.253 e. The van der Waals surface area contributed by atoms with Crippen molar-refractivity contribution in [3.63, 3.8) is 0 Å². The second-order valence-electron chi connectivity index (χ2n) is 3.59. The highest BCUT2D eigenvalue weighted by Crippen LogP contribution is 2.20. The average Bonchev–Trinajstić information content (AvgIpc) is 2.77. The number of thiophene rings is 1. The third kappa shape index (κ3) is 3.79. The van der Waals surface area contributed by atoms with Crippen molar-refractivity contribution >= 4 is 27.3 Å². The Bertz CT molecular complexity index is 454. The van der Waals surface area contributed by atoms with Crippen LogP contribution in [-0.4, -0.2) is 31.7 Å². The molecule has 1 amide bonds. The molecule has 0 aromatic carbocycles. The predicted molar refractivity (Wildman–Crippen MR) is 67.2 cm³/mol. The van der Waals surface area contributed by atoms with Crippen LogP contribution >= 0.6 is 11.3 Å². The second-order valence-corrected chi connectivity index (χ2v) is 6.70. The van der Waals surface area contributed by atoms with Crippen LogP contribution in [0.25, 0.3) is 0 Å². The van der Waals surface area contributed by atoms with Gasteiger partial charge in [-0.05, 0) is 17.9 Å². The first kappa shape index (κ1) is 14.1. The van der Waals surface area contributed by atoms with E-state index in [1.54, 1.807) is 11.4 Å². The molecule has 0 radical (unpaired) electrons. The van der Waals surface area contributed by atoms with Crippen LogP contribution in [0.2, 0.25) is 0 Å². The summed E-state index contributed by atoms with van der Waals surface area (Å²) in [6.07, 6.45) is 1.56. The molecule has 0 saturated heterocycles. The van der Waals surface area contributed by atoms with Crippen LogP contribution < -0.4 is 5.73 Å². The third-order valence-electron chi connectivity index (χ3n) is 2.18. The van der Waals surface area contributed by atoms with Gasteiger partial charge in [0.05, 0.1) is 6.54 Å². The Morgan fingerprint density at radius 1 is 1.53 bits per heavy atom. The van der Waals surface area contributed by atoms with E-state index < -0.39 is 15.9 Å². The number of nitrogens with two attached hydrogens (primary N) is 1. The molecule has 1 heterocycles. The Morgan fingerprint density at radius 3 is 2.71 bits per heavy atom. The van der Waals surface area contributed by atoms with E-state index in [1.807, 2.05) is 6.92 Å². The van der Waals surface area contributed by atoms with Gasteiger partial charge in [-0.2, -0.15) is 4.31 Å². The van der Waals surface area contributed by atoms with Gasteiger partial charge in [-0.1, -0.05) is 19.4 Å². The molecule has 1 aromatic heterocycles. The van der Waals surface area contributed by atoms with Crippen molar-refractivity contribution in [2.75, 3.05) is 13.1 Å². The van der Waals surface area contributed by atoms with Gasteiger partial charge in [-0.15, -0.1) is 11.3 Å². The number of nitrogens with zero attached hydrogens (tertiary/aromatic N) is 1. The van der Waals surface area contributed by atoms with Gasteiger partial charge in [0, 0.05) is 6.54 Å². The number of rotatable bonds is 7. The number of primary amides is 1. The summed E-state index contributed by atoms with van der Waals surface area (Å²) in [6, 6.07) is 3.19. The fraction of sp³-hybridized carbons (Fsp3) is 0.500. The molecule has 17 heavy (non-hydrogen) atoms. The Labute approximate surface area is 105 Å². The maximum absolute atomic E-state index is 12.2. The topological polar surface area (TPSA) is 80.5 Å². The van der Waals surface area contributed by atoms with Crippen LogP contribution in [0, 0.1) is 0 Å². The van der Waals surface area contributed by atoms with Crippen molar-refractivity contribution in [1.82, 2.24) is 4.31 Å². The summed E-state index contributed by atoms with van der Waals surface area (Å²) in [5.74, 6) is -0.638. The number of unbranched alkanes of at least 4 members (excludes halogenated alkanes) is 1. The minimum atomic E-state index is -3.57. The molecule has 0 aliphatic heterocycles. The quantitative estimate of drug-likeness (QED) is 0.807. The normalized spacial score (nSPS) is 11.9. The van der Waals surface area contributed by atoms with Crippen molar-refractivity contribution in [2.24, 2.45) is 5.73 Å². The molecular formula is C10H16N2O3S2. The molecule has 0 saturated carbocycles. The van der Waals surface area contributed by atoms with Crippen LogP contribution in [0.4, 0.5) is 0 Å². The van der Waals surface area contributed by atoms with Crippen molar-refractivity contribution in [3.8, 4) is 0 Å². The molecule has 0 aliphatic carbocycles. The second kappa shape index (κ2) is 6.13. The molecule has 0 unspecified atom stereocenters. The highest BCUT2D eigenvalue weighted by molar-refractivity contribution is 7.91. The minimum Gasteiger partial charge on any atom is -0.369 e. The standard InChI is InChI=1S/C10H16N2O3S2/c1-2-3-6-12(8-9(11)13)17(14,15)10-5-4-7-16-10/h4-5,7H,2-3,6,8H2,1H3,(H2,11,13). The molecule has 0 atom stereocenters. The molecular weight excluding hydrogens is 260 g/mol. The summed E-state index contributed by atoms with van der Waals surface area (Å²) in [7, 11) is -3.57. The summed E-state index contributed by atoms with van der Waals surface area (Å²) in [4.78, 5) is 10.9. The van der Waals surface area contributed by atoms with Crippen LogP contribution in [0.1, 0.15) is 19.8 Å². The summed E-state index contributed by atoms with van der Waals surface area (Å²) < 4.78 is 25.7. The van der Waals surface area contributed by atoms with E-state index in [1.165, 1.54) is 6.07 Å². The van der Waals surface area contributed by atoms with Gasteiger partial charge >= 0.3 is 0 Å². The van der Waals surface area contributed by atoms with Crippen LogP contribution in [-0.2, 0) is 14.8 Å². The summed E-state index contributed by atoms with van der Waals surface area (Å²) in [6.45, 7) is 2.01. The highest BCUT2D eigenvalue weighted by Gasteiger charge is 2.26. The molecule has 2 N–H and O–H groups in total. The summed E-state index contributed by atoms with van der Waals surface area (Å²) in [5, 5.41) is 1.69. The molecule has 7 heteroatoms. The Balaban J connectivity index is 2.92. The van der Waals surface area contributed by atoms with E-state index in [0.29, 0.717) is 13.0 Å². The first-order valence-electron chi connectivity index (χ1n) is 5.30. The molecule has 5 nitrogen and oxygen atoms in total. The van der Waals surface area contributed by atoms with E-state index in [4.69, 9.17) is 5.73 Å². The van der Waals surface area contributed by atoms with E-state index >= 15 is 0 Å². The Hall–Kier alpha value is -0.920. The van der Waals surface area contributed by atoms with E-state index in [9.17, 15) is 13.2 Å². The van der Waals surface area contributed by atoms with Gasteiger partial charge in [0.25, 0.3) is 10.0 Å². The first-order valence-corrected chi connectivity index (χ1v) is 7.62. The number of carbonyl (C=O) groups excluding carboxylic acids is 1. The monoisotopic (exact) mass is 276 g/mol. The maximum atomic E-state index is 12.2. The van der Waals surface area contributed by atoms with Gasteiger partial charge in [-0.25, -0.2) is 8.42 Å². The third-order valence-corrected chi connectivity index (χ3v) is 5.40. The van der Waals surface area contributed by atoms with E-state index in [2.05, 4.69) is 0 Å². The zero-order chi connectivity index (χ0) is 12.9. The van der Waals surface area contributed by atoms with Crippen molar-refractivity contribution in [2.45, 2.75) is 24.0 Å². The van der Waals surface area contributed by atoms with Crippen molar-refractivity contribution in [3.05, 3.63) is 17.5 Å². The minimum absolute atomic E-state index is 0.245. The number of carbonyl (C=O) groups is 1. The van der Waals surface area contributed by atoms with Crippen LogP contribution in [0.15, 0.2) is 21.7 Å². The number of amides is 1. The lowest BCUT2D eigenvalue weighted by atomic mass is 10.3. The molecule has 0 bridgehead atoms. The largest absolute Gasteiger partial charge is 0.369 e. The summed E-state index contributed by atoms with van der Waals surface area (Å²) in [5.41, 5.74) is 5.07. The zero-order valence-electron chi connectivity index (χ0n) is 9.63. The van der Waals surface area contributed by atoms with Crippen LogP contribution in [0.3, 0.4) is 0 Å². The van der Waals surface area contributed by atoms with Gasteiger partial charge in [0.15, 0.2) is 0 Å². The fourth-order valence-corrected chi connectivity index (χ4v) is 3.92. The van der Waals surface area contributed by atoms with Crippen LogP contribution in [0.5, 0.6) is 0 Å². The average molecular weight is 276 g/mol. The predicted octanol–water partition coefficient (Wildman–Crippen LogP) is 1.02. The number of sulfonamides is 1.